The summed E-state index contributed by atoms with van der Waals surface area (Å²) < 4.78 is 27.3. The van der Waals surface area contributed by atoms with Crippen LogP contribution in [0, 0.1) is 0 Å². The summed E-state index contributed by atoms with van der Waals surface area (Å²) in [6.45, 7) is 4.72. The van der Waals surface area contributed by atoms with Crippen LogP contribution in [0.5, 0.6) is 5.75 Å². The molecule has 0 spiro atoms. The van der Waals surface area contributed by atoms with Crippen LogP contribution in [-0.2, 0) is 9.84 Å². The van der Waals surface area contributed by atoms with Crippen LogP contribution in [0.25, 0.3) is 0 Å². The monoisotopic (exact) mass is 256 g/mol. The molecule has 0 bridgehead atoms. The second kappa shape index (κ2) is 6.05. The van der Waals surface area contributed by atoms with Gasteiger partial charge in [0.1, 0.15) is 15.6 Å². The van der Waals surface area contributed by atoms with Crippen molar-refractivity contribution in [2.45, 2.75) is 26.2 Å². The Hall–Kier alpha value is -1.03. The molecule has 0 saturated carbocycles. The molecule has 0 radical (unpaired) electrons. The molecule has 0 unspecified atom stereocenters. The van der Waals surface area contributed by atoms with Crippen molar-refractivity contribution < 1.29 is 13.2 Å². The van der Waals surface area contributed by atoms with Crippen molar-refractivity contribution in [1.29, 1.82) is 0 Å². The Kier molecular flexibility index (Phi) is 5.00. The lowest BCUT2D eigenvalue weighted by Crippen LogP contribution is -2.07. The van der Waals surface area contributed by atoms with Crippen molar-refractivity contribution in [3.8, 4) is 5.75 Å². The Morgan fingerprint density at radius 1 is 1.18 bits per heavy atom. The molecule has 3 nitrogen and oxygen atoms in total. The Bertz CT molecular complexity index is 432. The first-order valence-corrected chi connectivity index (χ1v) is 7.85. The van der Waals surface area contributed by atoms with Gasteiger partial charge in [-0.3, -0.25) is 0 Å². The van der Waals surface area contributed by atoms with Crippen LogP contribution in [0.1, 0.15) is 31.7 Å². The molecule has 1 aromatic rings. The lowest BCUT2D eigenvalue weighted by molar-refractivity contribution is 0.317. The molecule has 4 heteroatoms. The summed E-state index contributed by atoms with van der Waals surface area (Å²) in [5, 5.41) is 0. The van der Waals surface area contributed by atoms with Crippen LogP contribution >= 0.6 is 0 Å². The van der Waals surface area contributed by atoms with E-state index in [1.54, 1.807) is 0 Å². The van der Waals surface area contributed by atoms with Gasteiger partial charge in [0.15, 0.2) is 0 Å². The predicted octanol–water partition coefficient (Wildman–Crippen LogP) is 2.62. The average Bonchev–Trinajstić information content (AvgIpc) is 2.24. The summed E-state index contributed by atoms with van der Waals surface area (Å²) in [4.78, 5) is 0. The van der Waals surface area contributed by atoms with Gasteiger partial charge in [0.2, 0.25) is 0 Å². The summed E-state index contributed by atoms with van der Waals surface area (Å²) >= 11 is 0. The third-order valence-electron chi connectivity index (χ3n) is 2.47. The molecule has 0 fully saturated rings. The zero-order valence-corrected chi connectivity index (χ0v) is 11.5. The summed E-state index contributed by atoms with van der Waals surface area (Å²) in [5.41, 5.74) is 1.27. The molecule has 1 aromatic carbocycles. The second-order valence-electron chi connectivity index (χ2n) is 4.56. The van der Waals surface area contributed by atoms with Gasteiger partial charge in [0, 0.05) is 6.26 Å². The van der Waals surface area contributed by atoms with Gasteiger partial charge in [-0.2, -0.15) is 0 Å². The maximum Gasteiger partial charge on any atom is 0.147 e. The van der Waals surface area contributed by atoms with E-state index in [0.717, 1.165) is 5.75 Å². The highest BCUT2D eigenvalue weighted by atomic mass is 32.2. The maximum atomic E-state index is 10.9. The van der Waals surface area contributed by atoms with E-state index >= 15 is 0 Å². The number of rotatable bonds is 6. The molecule has 1 rings (SSSR count). The first-order valence-electron chi connectivity index (χ1n) is 5.79. The van der Waals surface area contributed by atoms with Crippen molar-refractivity contribution >= 4 is 9.84 Å². The van der Waals surface area contributed by atoms with Gasteiger partial charge in [0.05, 0.1) is 12.4 Å². The minimum atomic E-state index is -2.88. The summed E-state index contributed by atoms with van der Waals surface area (Å²) in [6, 6.07) is 7.93. The van der Waals surface area contributed by atoms with Crippen LogP contribution < -0.4 is 4.74 Å². The molecule has 0 aliphatic heterocycles. The van der Waals surface area contributed by atoms with Gasteiger partial charge in [-0.15, -0.1) is 0 Å². The molecular weight excluding hydrogens is 236 g/mol. The van der Waals surface area contributed by atoms with Gasteiger partial charge in [-0.1, -0.05) is 26.0 Å². The standard InChI is InChI=1S/C13H20O3S/c1-11(2)12-5-7-13(8-6-12)16-9-4-10-17(3,14)15/h5-8,11H,4,9-10H2,1-3H3. The van der Waals surface area contributed by atoms with Crippen LogP contribution in [-0.4, -0.2) is 27.0 Å². The number of ether oxygens (including phenoxy) is 1. The Morgan fingerprint density at radius 3 is 2.24 bits per heavy atom. The van der Waals surface area contributed by atoms with Gasteiger partial charge >= 0.3 is 0 Å². The molecule has 0 saturated heterocycles. The van der Waals surface area contributed by atoms with E-state index in [4.69, 9.17) is 4.74 Å². The largest absolute Gasteiger partial charge is 0.494 e. The zero-order valence-electron chi connectivity index (χ0n) is 10.6. The lowest BCUT2D eigenvalue weighted by atomic mass is 10.0. The Labute approximate surface area is 104 Å². The highest BCUT2D eigenvalue weighted by Gasteiger charge is 2.02. The number of benzene rings is 1. The molecule has 17 heavy (non-hydrogen) atoms. The van der Waals surface area contributed by atoms with E-state index in [1.165, 1.54) is 11.8 Å². The first kappa shape index (κ1) is 14.0. The SMILES string of the molecule is CC(C)c1ccc(OCCCS(C)(=O)=O)cc1. The van der Waals surface area contributed by atoms with Gasteiger partial charge in [-0.05, 0) is 30.0 Å². The zero-order chi connectivity index (χ0) is 12.9. The second-order valence-corrected chi connectivity index (χ2v) is 6.82. The lowest BCUT2D eigenvalue weighted by Gasteiger charge is -2.08. The molecule has 0 amide bonds. The van der Waals surface area contributed by atoms with E-state index < -0.39 is 9.84 Å². The Balaban J connectivity index is 2.37. The molecule has 0 atom stereocenters. The highest BCUT2D eigenvalue weighted by molar-refractivity contribution is 7.90. The number of hydrogen-bond acceptors (Lipinski definition) is 3. The molecule has 0 aromatic heterocycles. The van der Waals surface area contributed by atoms with Crippen molar-refractivity contribution in [3.05, 3.63) is 29.8 Å². The van der Waals surface area contributed by atoms with E-state index in [9.17, 15) is 8.42 Å². The summed E-state index contributed by atoms with van der Waals surface area (Å²) in [7, 11) is -2.88. The quantitative estimate of drug-likeness (QED) is 0.735. The topological polar surface area (TPSA) is 43.4 Å². The summed E-state index contributed by atoms with van der Waals surface area (Å²) in [6.07, 6.45) is 1.77. The van der Waals surface area contributed by atoms with E-state index in [0.29, 0.717) is 18.9 Å². The maximum absolute atomic E-state index is 10.9. The average molecular weight is 256 g/mol. The first-order chi connectivity index (χ1) is 7.88. The van der Waals surface area contributed by atoms with Gasteiger partial charge in [0.25, 0.3) is 0 Å². The molecule has 0 heterocycles. The fourth-order valence-electron chi connectivity index (χ4n) is 1.46. The fraction of sp³-hybridized carbons (Fsp3) is 0.538. The minimum Gasteiger partial charge on any atom is -0.494 e. The van der Waals surface area contributed by atoms with Crippen LogP contribution in [0.2, 0.25) is 0 Å². The minimum absolute atomic E-state index is 0.178. The van der Waals surface area contributed by atoms with Crippen LogP contribution in [0.15, 0.2) is 24.3 Å². The normalized spacial score (nSPS) is 11.8. The fourth-order valence-corrected chi connectivity index (χ4v) is 2.10. The van der Waals surface area contributed by atoms with Gasteiger partial charge < -0.3 is 4.74 Å². The van der Waals surface area contributed by atoms with E-state index in [-0.39, 0.29) is 5.75 Å². The van der Waals surface area contributed by atoms with Crippen molar-refractivity contribution in [3.63, 3.8) is 0 Å². The number of hydrogen-bond donors (Lipinski definition) is 0. The van der Waals surface area contributed by atoms with E-state index in [1.807, 2.05) is 24.3 Å². The molecular formula is C13H20O3S. The predicted molar refractivity (Wildman–Crippen MR) is 70.4 cm³/mol. The molecule has 0 aliphatic carbocycles. The van der Waals surface area contributed by atoms with Crippen molar-refractivity contribution in [1.82, 2.24) is 0 Å². The smallest absolute Gasteiger partial charge is 0.147 e. The molecule has 96 valence electrons. The van der Waals surface area contributed by atoms with E-state index in [2.05, 4.69) is 13.8 Å². The van der Waals surface area contributed by atoms with Crippen LogP contribution in [0.3, 0.4) is 0 Å². The van der Waals surface area contributed by atoms with Gasteiger partial charge in [-0.25, -0.2) is 8.42 Å². The Morgan fingerprint density at radius 2 is 1.76 bits per heavy atom. The molecule has 0 N–H and O–H groups in total. The van der Waals surface area contributed by atoms with Crippen LogP contribution in [0.4, 0.5) is 0 Å². The van der Waals surface area contributed by atoms with Crippen molar-refractivity contribution in [2.75, 3.05) is 18.6 Å². The third kappa shape index (κ3) is 5.73. The third-order valence-corrected chi connectivity index (χ3v) is 3.51. The highest BCUT2D eigenvalue weighted by Crippen LogP contribution is 2.18. The molecule has 0 aliphatic rings. The number of sulfone groups is 1. The summed E-state index contributed by atoms with van der Waals surface area (Å²) in [5.74, 6) is 1.48. The van der Waals surface area contributed by atoms with Crippen molar-refractivity contribution in [2.24, 2.45) is 0 Å².